The Morgan fingerprint density at radius 3 is 2.68 bits per heavy atom. The highest BCUT2D eigenvalue weighted by molar-refractivity contribution is 7.99. The number of hydrogen-bond donors (Lipinski definition) is 0. The molecule has 0 amide bonds. The van der Waals surface area contributed by atoms with Crippen molar-refractivity contribution >= 4 is 17.4 Å². The van der Waals surface area contributed by atoms with Crippen LogP contribution < -0.4 is 4.90 Å². The zero-order valence-electron chi connectivity index (χ0n) is 13.2. The fraction of sp³-hybridized carbons (Fsp3) is 0.368. The van der Waals surface area contributed by atoms with Crippen LogP contribution in [0.4, 0.5) is 5.69 Å². The van der Waals surface area contributed by atoms with Gasteiger partial charge in [0.05, 0.1) is 6.61 Å². The summed E-state index contributed by atoms with van der Waals surface area (Å²) in [5.74, 6) is 0.682. The first kappa shape index (κ1) is 15.4. The molecule has 22 heavy (non-hydrogen) atoms. The Bertz CT molecular complexity index is 601. The lowest BCUT2D eigenvalue weighted by Gasteiger charge is -2.20. The van der Waals surface area contributed by atoms with Crippen molar-refractivity contribution in [1.82, 2.24) is 0 Å². The van der Waals surface area contributed by atoms with Crippen LogP contribution in [-0.4, -0.2) is 19.1 Å². The van der Waals surface area contributed by atoms with E-state index in [1.165, 1.54) is 16.1 Å². The molecule has 1 heterocycles. The van der Waals surface area contributed by atoms with Crippen molar-refractivity contribution in [1.29, 1.82) is 0 Å². The summed E-state index contributed by atoms with van der Waals surface area (Å²) in [5, 5.41) is 0. The first-order valence-electron chi connectivity index (χ1n) is 7.84. The van der Waals surface area contributed by atoms with E-state index in [1.54, 1.807) is 0 Å². The van der Waals surface area contributed by atoms with Gasteiger partial charge in [-0.25, -0.2) is 0 Å². The molecule has 0 N–H and O–H groups in total. The number of anilines is 1. The number of rotatable bonds is 5. The Kier molecular flexibility index (Phi) is 5.06. The van der Waals surface area contributed by atoms with Gasteiger partial charge >= 0.3 is 0 Å². The van der Waals surface area contributed by atoms with Gasteiger partial charge in [-0.15, -0.1) is 0 Å². The van der Waals surface area contributed by atoms with Gasteiger partial charge in [0.15, 0.2) is 0 Å². The van der Waals surface area contributed by atoms with Crippen LogP contribution in [0.15, 0.2) is 59.5 Å². The highest BCUT2D eigenvalue weighted by Gasteiger charge is 2.22. The molecule has 1 saturated heterocycles. The van der Waals surface area contributed by atoms with Crippen molar-refractivity contribution in [2.24, 2.45) is 5.92 Å². The highest BCUT2D eigenvalue weighted by atomic mass is 32.2. The predicted octanol–water partition coefficient (Wildman–Crippen LogP) is 4.80. The second-order valence-corrected chi connectivity index (χ2v) is 7.29. The number of nitrogens with zero attached hydrogens (tertiary/aromatic N) is 1. The molecule has 3 heteroatoms. The SMILES string of the molecule is C[C@H]1COC(Sc2cccc(N(C)Cc3ccccc3)c2)C1. The van der Waals surface area contributed by atoms with Crippen LogP contribution in [0, 0.1) is 5.92 Å². The molecule has 0 aromatic heterocycles. The Labute approximate surface area is 137 Å². The summed E-state index contributed by atoms with van der Waals surface area (Å²) in [6.07, 6.45) is 1.15. The van der Waals surface area contributed by atoms with E-state index < -0.39 is 0 Å². The maximum Gasteiger partial charge on any atom is 0.108 e. The fourth-order valence-corrected chi connectivity index (χ4v) is 3.93. The van der Waals surface area contributed by atoms with E-state index >= 15 is 0 Å². The molecule has 2 nitrogen and oxygen atoms in total. The van der Waals surface area contributed by atoms with Crippen molar-refractivity contribution in [3.05, 3.63) is 60.2 Å². The van der Waals surface area contributed by atoms with Crippen LogP contribution in [0.5, 0.6) is 0 Å². The number of thioether (sulfide) groups is 1. The Balaban J connectivity index is 1.65. The van der Waals surface area contributed by atoms with Gasteiger partial charge in [0, 0.05) is 24.2 Å². The molecule has 1 aliphatic rings. The largest absolute Gasteiger partial charge is 0.370 e. The van der Waals surface area contributed by atoms with Gasteiger partial charge in [0.1, 0.15) is 5.44 Å². The van der Waals surface area contributed by atoms with Gasteiger partial charge < -0.3 is 9.64 Å². The normalized spacial score (nSPS) is 21.0. The van der Waals surface area contributed by atoms with Crippen LogP contribution in [0.2, 0.25) is 0 Å². The molecule has 1 fully saturated rings. The lowest BCUT2D eigenvalue weighted by Crippen LogP contribution is -2.16. The molecular formula is C19H23NOS. The quantitative estimate of drug-likeness (QED) is 0.787. The van der Waals surface area contributed by atoms with Crippen LogP contribution >= 0.6 is 11.8 Å². The molecule has 0 saturated carbocycles. The average Bonchev–Trinajstić information content (AvgIpc) is 2.93. The standard InChI is InChI=1S/C19H23NOS/c1-15-11-19(21-14-15)22-18-10-6-9-17(12-18)20(2)13-16-7-4-3-5-8-16/h3-10,12,15,19H,11,13-14H2,1-2H3/t15-,19?/m1/s1. The second-order valence-electron chi connectivity index (χ2n) is 6.06. The van der Waals surface area contributed by atoms with Gasteiger partial charge in [-0.3, -0.25) is 0 Å². The van der Waals surface area contributed by atoms with E-state index in [1.807, 2.05) is 11.8 Å². The third kappa shape index (κ3) is 4.05. The summed E-state index contributed by atoms with van der Waals surface area (Å²) in [4.78, 5) is 3.58. The van der Waals surface area contributed by atoms with Crippen LogP contribution in [-0.2, 0) is 11.3 Å². The van der Waals surface area contributed by atoms with E-state index in [4.69, 9.17) is 4.74 Å². The van der Waals surface area contributed by atoms with Crippen LogP contribution in [0.1, 0.15) is 18.9 Å². The molecule has 1 unspecified atom stereocenters. The Morgan fingerprint density at radius 1 is 1.14 bits per heavy atom. The van der Waals surface area contributed by atoms with E-state index in [9.17, 15) is 0 Å². The lowest BCUT2D eigenvalue weighted by molar-refractivity contribution is 0.166. The summed E-state index contributed by atoms with van der Waals surface area (Å²) in [6.45, 7) is 4.07. The van der Waals surface area contributed by atoms with Crippen molar-refractivity contribution in [2.75, 3.05) is 18.6 Å². The second kappa shape index (κ2) is 7.21. The zero-order chi connectivity index (χ0) is 15.4. The molecule has 0 spiro atoms. The summed E-state index contributed by atoms with van der Waals surface area (Å²) >= 11 is 1.84. The molecule has 2 aromatic carbocycles. The maximum atomic E-state index is 5.81. The molecule has 0 aliphatic carbocycles. The lowest BCUT2D eigenvalue weighted by atomic mass is 10.2. The molecular weight excluding hydrogens is 290 g/mol. The van der Waals surface area contributed by atoms with E-state index in [0.29, 0.717) is 11.4 Å². The van der Waals surface area contributed by atoms with Crippen molar-refractivity contribution in [3.8, 4) is 0 Å². The van der Waals surface area contributed by atoms with Crippen molar-refractivity contribution in [3.63, 3.8) is 0 Å². The number of ether oxygens (including phenoxy) is 1. The predicted molar refractivity (Wildman–Crippen MR) is 94.4 cm³/mol. The van der Waals surface area contributed by atoms with Crippen LogP contribution in [0.3, 0.4) is 0 Å². The summed E-state index contributed by atoms with van der Waals surface area (Å²) < 4.78 is 5.81. The van der Waals surface area contributed by atoms with E-state index in [-0.39, 0.29) is 0 Å². The summed E-state index contributed by atoms with van der Waals surface area (Å²) in [6, 6.07) is 19.3. The monoisotopic (exact) mass is 313 g/mol. The maximum absolute atomic E-state index is 5.81. The minimum absolute atomic E-state index is 0.310. The third-order valence-electron chi connectivity index (χ3n) is 3.95. The average molecular weight is 313 g/mol. The first-order chi connectivity index (χ1) is 10.7. The Morgan fingerprint density at radius 2 is 1.95 bits per heavy atom. The minimum atomic E-state index is 0.310. The van der Waals surface area contributed by atoms with Gasteiger partial charge in [-0.1, -0.05) is 55.1 Å². The first-order valence-corrected chi connectivity index (χ1v) is 8.72. The molecule has 3 rings (SSSR count). The van der Waals surface area contributed by atoms with Gasteiger partial charge in [0.25, 0.3) is 0 Å². The highest BCUT2D eigenvalue weighted by Crippen LogP contribution is 2.34. The Hall–Kier alpha value is -1.45. The van der Waals surface area contributed by atoms with E-state index in [2.05, 4.69) is 73.5 Å². The molecule has 116 valence electrons. The number of benzene rings is 2. The molecule has 1 aliphatic heterocycles. The van der Waals surface area contributed by atoms with Gasteiger partial charge in [-0.2, -0.15) is 0 Å². The van der Waals surface area contributed by atoms with Crippen molar-refractivity contribution < 1.29 is 4.74 Å². The van der Waals surface area contributed by atoms with Crippen LogP contribution in [0.25, 0.3) is 0 Å². The molecule has 0 bridgehead atoms. The van der Waals surface area contributed by atoms with Gasteiger partial charge in [-0.05, 0) is 36.1 Å². The van der Waals surface area contributed by atoms with E-state index in [0.717, 1.165) is 19.6 Å². The topological polar surface area (TPSA) is 12.5 Å². The fourth-order valence-electron chi connectivity index (χ4n) is 2.71. The smallest absolute Gasteiger partial charge is 0.108 e. The number of hydrogen-bond acceptors (Lipinski definition) is 3. The summed E-state index contributed by atoms with van der Waals surface area (Å²) in [7, 11) is 2.14. The van der Waals surface area contributed by atoms with Crippen molar-refractivity contribution in [2.45, 2.75) is 30.2 Å². The third-order valence-corrected chi connectivity index (χ3v) is 5.07. The molecule has 2 aromatic rings. The molecule has 0 radical (unpaired) electrons. The zero-order valence-corrected chi connectivity index (χ0v) is 14.1. The van der Waals surface area contributed by atoms with Gasteiger partial charge in [0.2, 0.25) is 0 Å². The molecule has 2 atom stereocenters. The minimum Gasteiger partial charge on any atom is -0.370 e. The summed E-state index contributed by atoms with van der Waals surface area (Å²) in [5.41, 5.74) is 2.89.